The van der Waals surface area contributed by atoms with Crippen LogP contribution in [0.3, 0.4) is 0 Å². The first kappa shape index (κ1) is 26.3. The number of anilines is 1. The SMILES string of the molecule is COc1ccc(N(CC(=O)N[C@H](C)c2cc(C(C)C)c(OC)cc2C)S(C)(=O)=O)c(OC)c1. The Bertz CT molecular complexity index is 1100. The topological polar surface area (TPSA) is 94.2 Å². The Hall–Kier alpha value is -2.94. The number of aryl methyl sites for hydroxylation is 1. The van der Waals surface area contributed by atoms with Crippen LogP contribution in [0.5, 0.6) is 17.2 Å². The van der Waals surface area contributed by atoms with Crippen molar-refractivity contribution in [3.05, 3.63) is 47.0 Å². The van der Waals surface area contributed by atoms with E-state index < -0.39 is 22.5 Å². The number of carbonyl (C=O) groups is 1. The zero-order valence-corrected chi connectivity index (χ0v) is 21.4. The first-order chi connectivity index (χ1) is 15.4. The van der Waals surface area contributed by atoms with Crippen LogP contribution in [0.2, 0.25) is 0 Å². The highest BCUT2D eigenvalue weighted by Crippen LogP contribution is 2.34. The normalized spacial score (nSPS) is 12.3. The minimum Gasteiger partial charge on any atom is -0.497 e. The van der Waals surface area contributed by atoms with E-state index in [0.29, 0.717) is 5.75 Å². The molecular formula is C24H34N2O6S. The first-order valence-corrected chi connectivity index (χ1v) is 12.4. The third kappa shape index (κ3) is 6.31. The molecule has 0 unspecified atom stereocenters. The van der Waals surface area contributed by atoms with Crippen molar-refractivity contribution in [3.63, 3.8) is 0 Å². The van der Waals surface area contributed by atoms with Crippen LogP contribution in [-0.4, -0.2) is 48.5 Å². The molecule has 0 spiro atoms. The molecule has 0 aliphatic carbocycles. The van der Waals surface area contributed by atoms with E-state index in [1.54, 1.807) is 25.3 Å². The number of hydrogen-bond donors (Lipinski definition) is 1. The highest BCUT2D eigenvalue weighted by Gasteiger charge is 2.25. The van der Waals surface area contributed by atoms with Crippen LogP contribution in [0.15, 0.2) is 30.3 Å². The zero-order chi connectivity index (χ0) is 24.9. The summed E-state index contributed by atoms with van der Waals surface area (Å²) in [5.41, 5.74) is 3.22. The average molecular weight is 479 g/mol. The van der Waals surface area contributed by atoms with Gasteiger partial charge >= 0.3 is 0 Å². The molecule has 0 saturated heterocycles. The van der Waals surface area contributed by atoms with Gasteiger partial charge in [-0.05, 0) is 60.7 Å². The molecule has 1 atom stereocenters. The second-order valence-corrected chi connectivity index (χ2v) is 10.1. The molecule has 0 heterocycles. The van der Waals surface area contributed by atoms with E-state index in [9.17, 15) is 13.2 Å². The molecule has 0 radical (unpaired) electrons. The van der Waals surface area contributed by atoms with Gasteiger partial charge in [0.2, 0.25) is 15.9 Å². The fraction of sp³-hybridized carbons (Fsp3) is 0.458. The Morgan fingerprint density at radius 2 is 1.61 bits per heavy atom. The molecule has 0 fully saturated rings. The van der Waals surface area contributed by atoms with E-state index in [1.807, 2.05) is 26.0 Å². The van der Waals surface area contributed by atoms with E-state index in [-0.39, 0.29) is 23.4 Å². The average Bonchev–Trinajstić information content (AvgIpc) is 2.75. The Balaban J connectivity index is 2.32. The molecule has 0 aliphatic heterocycles. The molecule has 1 amide bonds. The molecule has 0 saturated carbocycles. The van der Waals surface area contributed by atoms with Crippen molar-refractivity contribution >= 4 is 21.6 Å². The van der Waals surface area contributed by atoms with E-state index in [0.717, 1.165) is 33.0 Å². The summed E-state index contributed by atoms with van der Waals surface area (Å²) >= 11 is 0. The van der Waals surface area contributed by atoms with Gasteiger partial charge in [0.25, 0.3) is 0 Å². The lowest BCUT2D eigenvalue weighted by atomic mass is 9.93. The van der Waals surface area contributed by atoms with Crippen LogP contribution in [0.25, 0.3) is 0 Å². The van der Waals surface area contributed by atoms with E-state index in [1.165, 1.54) is 14.2 Å². The number of methoxy groups -OCH3 is 3. The molecule has 8 nitrogen and oxygen atoms in total. The number of nitrogens with one attached hydrogen (secondary N) is 1. The maximum Gasteiger partial charge on any atom is 0.241 e. The molecular weight excluding hydrogens is 444 g/mol. The smallest absolute Gasteiger partial charge is 0.241 e. The van der Waals surface area contributed by atoms with Crippen LogP contribution >= 0.6 is 0 Å². The fourth-order valence-electron chi connectivity index (χ4n) is 3.68. The minimum absolute atomic E-state index is 0.241. The van der Waals surface area contributed by atoms with Gasteiger partial charge in [-0.15, -0.1) is 0 Å². The molecule has 0 bridgehead atoms. The lowest BCUT2D eigenvalue weighted by Crippen LogP contribution is -2.41. The molecule has 1 N–H and O–H groups in total. The van der Waals surface area contributed by atoms with E-state index >= 15 is 0 Å². The van der Waals surface area contributed by atoms with Gasteiger partial charge in [0.05, 0.1) is 39.3 Å². The summed E-state index contributed by atoms with van der Waals surface area (Å²) in [6, 6.07) is 8.40. The number of carbonyl (C=O) groups excluding carboxylic acids is 1. The van der Waals surface area contributed by atoms with Crippen molar-refractivity contribution in [1.29, 1.82) is 0 Å². The summed E-state index contributed by atoms with van der Waals surface area (Å²) in [6.07, 6.45) is 1.05. The molecule has 2 aromatic rings. The number of ether oxygens (including phenoxy) is 3. The first-order valence-electron chi connectivity index (χ1n) is 10.6. The van der Waals surface area contributed by atoms with Gasteiger partial charge in [-0.1, -0.05) is 13.8 Å². The summed E-state index contributed by atoms with van der Waals surface area (Å²) in [5, 5.41) is 2.92. The molecule has 33 heavy (non-hydrogen) atoms. The number of sulfonamides is 1. The zero-order valence-electron chi connectivity index (χ0n) is 20.6. The van der Waals surface area contributed by atoms with Crippen molar-refractivity contribution in [2.45, 2.75) is 39.7 Å². The largest absolute Gasteiger partial charge is 0.497 e. The second-order valence-electron chi connectivity index (χ2n) is 8.20. The summed E-state index contributed by atoms with van der Waals surface area (Å²) in [7, 11) is 0.806. The predicted octanol–water partition coefficient (Wildman–Crippen LogP) is 3.79. The van der Waals surface area contributed by atoms with E-state index in [2.05, 4.69) is 19.2 Å². The number of hydrogen-bond acceptors (Lipinski definition) is 6. The van der Waals surface area contributed by atoms with Gasteiger partial charge in [0, 0.05) is 6.07 Å². The van der Waals surface area contributed by atoms with E-state index in [4.69, 9.17) is 14.2 Å². The number of nitrogens with zero attached hydrogens (tertiary/aromatic N) is 1. The van der Waals surface area contributed by atoms with Gasteiger partial charge in [-0.2, -0.15) is 0 Å². The van der Waals surface area contributed by atoms with Gasteiger partial charge in [-0.25, -0.2) is 8.42 Å². The van der Waals surface area contributed by atoms with Crippen LogP contribution in [0.1, 0.15) is 49.4 Å². The van der Waals surface area contributed by atoms with Crippen LogP contribution in [0, 0.1) is 6.92 Å². The van der Waals surface area contributed by atoms with Crippen LogP contribution < -0.4 is 23.8 Å². The Morgan fingerprint density at radius 1 is 0.970 bits per heavy atom. The summed E-state index contributed by atoms with van der Waals surface area (Å²) in [5.74, 6) is 1.41. The molecule has 9 heteroatoms. The molecule has 182 valence electrons. The monoisotopic (exact) mass is 478 g/mol. The van der Waals surface area contributed by atoms with Gasteiger partial charge in [0.1, 0.15) is 23.8 Å². The van der Waals surface area contributed by atoms with Crippen molar-refractivity contribution < 1.29 is 27.4 Å². The lowest BCUT2D eigenvalue weighted by molar-refractivity contribution is -0.120. The van der Waals surface area contributed by atoms with Crippen molar-refractivity contribution in [2.24, 2.45) is 0 Å². The molecule has 2 aromatic carbocycles. The second kappa shape index (κ2) is 10.8. The third-order valence-corrected chi connectivity index (χ3v) is 6.55. The standard InChI is InChI=1S/C24H34N2O6S/c1-15(2)19-13-20(16(3)11-22(19)31-6)17(4)25-24(27)14-26(33(8,28)29)21-10-9-18(30-5)12-23(21)32-7/h9-13,15,17H,14H2,1-8H3,(H,25,27)/t17-/m1/s1. The predicted molar refractivity (Wildman–Crippen MR) is 130 cm³/mol. The van der Waals surface area contributed by atoms with Gasteiger partial charge < -0.3 is 19.5 Å². The fourth-order valence-corrected chi connectivity index (χ4v) is 4.54. The maximum absolute atomic E-state index is 12.9. The highest BCUT2D eigenvalue weighted by atomic mass is 32.2. The molecule has 0 aromatic heterocycles. The van der Waals surface area contributed by atoms with Crippen LogP contribution in [-0.2, 0) is 14.8 Å². The van der Waals surface area contributed by atoms with Crippen molar-refractivity contribution in [3.8, 4) is 17.2 Å². The summed E-state index contributed by atoms with van der Waals surface area (Å²) < 4.78 is 42.1. The van der Waals surface area contributed by atoms with Crippen molar-refractivity contribution in [2.75, 3.05) is 38.4 Å². The van der Waals surface area contributed by atoms with Crippen molar-refractivity contribution in [1.82, 2.24) is 5.32 Å². The van der Waals surface area contributed by atoms with Gasteiger partial charge in [-0.3, -0.25) is 9.10 Å². The Morgan fingerprint density at radius 3 is 2.12 bits per heavy atom. The van der Waals surface area contributed by atoms with Crippen LogP contribution in [0.4, 0.5) is 5.69 Å². The third-order valence-electron chi connectivity index (χ3n) is 5.43. The Labute approximate surface area is 196 Å². The summed E-state index contributed by atoms with van der Waals surface area (Å²) in [6.45, 7) is 7.59. The number of rotatable bonds is 10. The highest BCUT2D eigenvalue weighted by molar-refractivity contribution is 7.92. The number of benzene rings is 2. The van der Waals surface area contributed by atoms with Gasteiger partial charge in [0.15, 0.2) is 0 Å². The maximum atomic E-state index is 12.9. The Kier molecular flexibility index (Phi) is 8.60. The molecule has 0 aliphatic rings. The lowest BCUT2D eigenvalue weighted by Gasteiger charge is -2.26. The minimum atomic E-state index is -3.77. The summed E-state index contributed by atoms with van der Waals surface area (Å²) in [4.78, 5) is 12.9. The number of amides is 1. The quantitative estimate of drug-likeness (QED) is 0.558. The molecule has 2 rings (SSSR count).